The van der Waals surface area contributed by atoms with Gasteiger partial charge in [0.05, 0.1) is 4.90 Å². The lowest BCUT2D eigenvalue weighted by molar-refractivity contribution is -0.132. The molecule has 0 saturated carbocycles. The van der Waals surface area contributed by atoms with E-state index in [2.05, 4.69) is 5.32 Å². The fourth-order valence-corrected chi connectivity index (χ4v) is 4.13. The van der Waals surface area contributed by atoms with E-state index in [4.69, 9.17) is 11.6 Å². The van der Waals surface area contributed by atoms with Crippen molar-refractivity contribution in [3.63, 3.8) is 0 Å². The van der Waals surface area contributed by atoms with Crippen molar-refractivity contribution in [2.45, 2.75) is 17.7 Å². The van der Waals surface area contributed by atoms with Gasteiger partial charge in [-0.3, -0.25) is 9.59 Å². The van der Waals surface area contributed by atoms with Gasteiger partial charge in [-0.05, 0) is 18.6 Å². The maximum absolute atomic E-state index is 12.5. The predicted octanol–water partition coefficient (Wildman–Crippen LogP) is 0.655. The number of halogens is 1. The van der Waals surface area contributed by atoms with Crippen LogP contribution in [0.5, 0.6) is 0 Å². The van der Waals surface area contributed by atoms with Crippen LogP contribution in [-0.2, 0) is 19.6 Å². The second-order valence-corrected chi connectivity index (χ2v) is 7.89. The fraction of sp³-hybridized carbons (Fsp3) is 0.500. The molecule has 138 valence electrons. The molecule has 2 amide bonds. The van der Waals surface area contributed by atoms with Gasteiger partial charge >= 0.3 is 0 Å². The van der Waals surface area contributed by atoms with Crippen molar-refractivity contribution in [2.24, 2.45) is 0 Å². The second-order valence-electron chi connectivity index (χ2n) is 5.69. The number of alkyl halides is 1. The number of hydrogen-bond acceptors (Lipinski definition) is 4. The van der Waals surface area contributed by atoms with E-state index in [0.29, 0.717) is 32.5 Å². The molecular weight excluding hydrogens is 366 g/mol. The van der Waals surface area contributed by atoms with E-state index in [-0.39, 0.29) is 35.7 Å². The van der Waals surface area contributed by atoms with Crippen LogP contribution in [0.25, 0.3) is 0 Å². The molecule has 1 saturated heterocycles. The number of piperazine rings is 1. The summed E-state index contributed by atoms with van der Waals surface area (Å²) in [5, 5.41) is 2.61. The number of nitrogens with one attached hydrogen (secondary N) is 1. The van der Waals surface area contributed by atoms with Gasteiger partial charge in [0.2, 0.25) is 21.8 Å². The third-order valence-corrected chi connectivity index (χ3v) is 6.14. The zero-order chi connectivity index (χ0) is 18.3. The van der Waals surface area contributed by atoms with Crippen molar-refractivity contribution in [1.29, 1.82) is 0 Å². The Bertz CT molecular complexity index is 689. The zero-order valence-corrected chi connectivity index (χ0v) is 15.4. The molecule has 9 heteroatoms. The summed E-state index contributed by atoms with van der Waals surface area (Å²) in [6, 6.07) is 8.29. The van der Waals surface area contributed by atoms with Gasteiger partial charge in [0, 0.05) is 39.1 Å². The molecule has 0 aliphatic carbocycles. The van der Waals surface area contributed by atoms with Crippen LogP contribution in [-0.4, -0.2) is 68.0 Å². The number of carbonyl (C=O) groups excluding carboxylic acids is 2. The SMILES string of the molecule is O=C(CCl)NCCCC(=O)N1CCN(S(=O)(=O)c2ccccc2)CC1. The van der Waals surface area contributed by atoms with E-state index < -0.39 is 10.0 Å². The first-order valence-corrected chi connectivity index (χ1v) is 10.1. The highest BCUT2D eigenvalue weighted by Crippen LogP contribution is 2.17. The summed E-state index contributed by atoms with van der Waals surface area (Å²) in [6.07, 6.45) is 0.845. The Morgan fingerprint density at radius 3 is 2.32 bits per heavy atom. The Kier molecular flexibility index (Phi) is 7.22. The van der Waals surface area contributed by atoms with Crippen molar-refractivity contribution < 1.29 is 18.0 Å². The van der Waals surface area contributed by atoms with Crippen LogP contribution >= 0.6 is 11.6 Å². The molecule has 1 aliphatic rings. The van der Waals surface area contributed by atoms with Crippen LogP contribution in [0.2, 0.25) is 0 Å². The molecule has 0 unspecified atom stereocenters. The number of nitrogens with zero attached hydrogens (tertiary/aromatic N) is 2. The van der Waals surface area contributed by atoms with Crippen molar-refractivity contribution in [3.8, 4) is 0 Å². The van der Waals surface area contributed by atoms with Crippen molar-refractivity contribution in [3.05, 3.63) is 30.3 Å². The van der Waals surface area contributed by atoms with Gasteiger partial charge in [-0.2, -0.15) is 4.31 Å². The second kappa shape index (κ2) is 9.17. The van der Waals surface area contributed by atoms with Gasteiger partial charge in [-0.1, -0.05) is 18.2 Å². The Balaban J connectivity index is 1.79. The highest BCUT2D eigenvalue weighted by atomic mass is 35.5. The maximum atomic E-state index is 12.5. The summed E-state index contributed by atoms with van der Waals surface area (Å²) in [7, 11) is -3.51. The molecule has 1 heterocycles. The van der Waals surface area contributed by atoms with Gasteiger partial charge in [-0.15, -0.1) is 11.6 Å². The average Bonchev–Trinajstić information content (AvgIpc) is 2.65. The minimum Gasteiger partial charge on any atom is -0.355 e. The Morgan fingerprint density at radius 2 is 1.72 bits per heavy atom. The number of carbonyl (C=O) groups is 2. The molecule has 7 nitrogen and oxygen atoms in total. The fourth-order valence-electron chi connectivity index (χ4n) is 2.59. The standard InChI is InChI=1S/C16H22ClN3O4S/c17-13-15(21)18-8-4-7-16(22)19-9-11-20(12-10-19)25(23,24)14-5-2-1-3-6-14/h1-3,5-6H,4,7-13H2,(H,18,21). The molecule has 1 N–H and O–H groups in total. The molecule has 0 spiro atoms. The average molecular weight is 388 g/mol. The third-order valence-electron chi connectivity index (χ3n) is 3.98. The molecule has 1 aromatic carbocycles. The van der Waals surface area contributed by atoms with Gasteiger partial charge in [-0.25, -0.2) is 8.42 Å². The lowest BCUT2D eigenvalue weighted by Crippen LogP contribution is -2.50. The maximum Gasteiger partial charge on any atom is 0.243 e. The summed E-state index contributed by atoms with van der Waals surface area (Å²) in [4.78, 5) is 25.1. The molecule has 2 rings (SSSR count). The molecule has 25 heavy (non-hydrogen) atoms. The minimum atomic E-state index is -3.51. The van der Waals surface area contributed by atoms with E-state index in [1.165, 1.54) is 4.31 Å². The molecule has 1 aromatic rings. The predicted molar refractivity (Wildman–Crippen MR) is 94.7 cm³/mol. The minimum absolute atomic E-state index is 0.0307. The van der Waals surface area contributed by atoms with E-state index in [1.54, 1.807) is 35.2 Å². The summed E-state index contributed by atoms with van der Waals surface area (Å²) in [6.45, 7) is 1.72. The largest absolute Gasteiger partial charge is 0.355 e. The summed E-state index contributed by atoms with van der Waals surface area (Å²) < 4.78 is 26.5. The number of amides is 2. The van der Waals surface area contributed by atoms with Gasteiger partial charge < -0.3 is 10.2 Å². The Hall–Kier alpha value is -1.64. The Labute approximate surface area is 153 Å². The molecule has 0 atom stereocenters. The van der Waals surface area contributed by atoms with E-state index in [1.807, 2.05) is 0 Å². The van der Waals surface area contributed by atoms with Crippen LogP contribution in [0.15, 0.2) is 35.2 Å². The van der Waals surface area contributed by atoms with Gasteiger partial charge in [0.15, 0.2) is 0 Å². The number of rotatable bonds is 7. The molecular formula is C16H22ClN3O4S. The first-order chi connectivity index (χ1) is 11.9. The van der Waals surface area contributed by atoms with E-state index in [9.17, 15) is 18.0 Å². The number of hydrogen-bond donors (Lipinski definition) is 1. The summed E-state index contributed by atoms with van der Waals surface area (Å²) in [5.74, 6) is -0.378. The molecule has 0 bridgehead atoms. The summed E-state index contributed by atoms with van der Waals surface area (Å²) in [5.41, 5.74) is 0. The van der Waals surface area contributed by atoms with Crippen molar-refractivity contribution in [2.75, 3.05) is 38.6 Å². The molecule has 0 radical (unpaired) electrons. The van der Waals surface area contributed by atoms with Crippen molar-refractivity contribution in [1.82, 2.24) is 14.5 Å². The topological polar surface area (TPSA) is 86.8 Å². The highest BCUT2D eigenvalue weighted by molar-refractivity contribution is 7.89. The summed E-state index contributed by atoms with van der Waals surface area (Å²) >= 11 is 5.37. The van der Waals surface area contributed by atoms with Gasteiger partial charge in [0.1, 0.15) is 5.88 Å². The van der Waals surface area contributed by atoms with Crippen LogP contribution in [0.4, 0.5) is 0 Å². The smallest absolute Gasteiger partial charge is 0.243 e. The highest BCUT2D eigenvalue weighted by Gasteiger charge is 2.29. The Morgan fingerprint density at radius 1 is 1.08 bits per heavy atom. The van der Waals surface area contributed by atoms with Gasteiger partial charge in [0.25, 0.3) is 0 Å². The molecule has 0 aromatic heterocycles. The number of sulfonamides is 1. The van der Waals surface area contributed by atoms with E-state index >= 15 is 0 Å². The molecule has 1 fully saturated rings. The lowest BCUT2D eigenvalue weighted by Gasteiger charge is -2.34. The zero-order valence-electron chi connectivity index (χ0n) is 13.9. The first kappa shape index (κ1) is 19.7. The van der Waals surface area contributed by atoms with Crippen LogP contribution in [0, 0.1) is 0 Å². The third kappa shape index (κ3) is 5.42. The van der Waals surface area contributed by atoms with Crippen molar-refractivity contribution >= 4 is 33.4 Å². The monoisotopic (exact) mass is 387 g/mol. The van der Waals surface area contributed by atoms with Crippen LogP contribution in [0.3, 0.4) is 0 Å². The van der Waals surface area contributed by atoms with E-state index in [0.717, 1.165) is 0 Å². The lowest BCUT2D eigenvalue weighted by atomic mass is 10.2. The first-order valence-electron chi connectivity index (χ1n) is 8.11. The van der Waals surface area contributed by atoms with Crippen LogP contribution in [0.1, 0.15) is 12.8 Å². The number of benzene rings is 1. The normalized spacial score (nSPS) is 15.8. The van der Waals surface area contributed by atoms with Crippen LogP contribution < -0.4 is 5.32 Å². The quantitative estimate of drug-likeness (QED) is 0.550. The molecule has 1 aliphatic heterocycles.